The number of carbonyl (C=O) groups is 1. The van der Waals surface area contributed by atoms with Crippen molar-refractivity contribution >= 4 is 29.2 Å². The van der Waals surface area contributed by atoms with Gasteiger partial charge in [-0.25, -0.2) is 4.79 Å². The van der Waals surface area contributed by atoms with Crippen molar-refractivity contribution in [3.05, 3.63) is 52.0 Å². The van der Waals surface area contributed by atoms with Crippen molar-refractivity contribution in [1.29, 1.82) is 0 Å². The molecule has 3 nitrogen and oxygen atoms in total. The highest BCUT2D eigenvalue weighted by Gasteiger charge is 2.11. The summed E-state index contributed by atoms with van der Waals surface area (Å²) in [5.41, 5.74) is 1.55. The first-order valence-electron chi connectivity index (χ1n) is 5.39. The number of ether oxygens (including phenoxy) is 1. The van der Waals surface area contributed by atoms with Gasteiger partial charge in [-0.15, -0.1) is 0 Å². The van der Waals surface area contributed by atoms with Crippen molar-refractivity contribution in [3.8, 4) is 16.9 Å². The highest BCUT2D eigenvalue weighted by atomic mass is 35.5. The Balaban J connectivity index is 2.56. The molecule has 0 aliphatic rings. The van der Waals surface area contributed by atoms with Crippen LogP contribution < -0.4 is 4.74 Å². The molecule has 0 spiro atoms. The van der Waals surface area contributed by atoms with Gasteiger partial charge in [0, 0.05) is 11.6 Å². The molecule has 2 rings (SSSR count). The van der Waals surface area contributed by atoms with Crippen LogP contribution in [-0.4, -0.2) is 18.2 Å². The van der Waals surface area contributed by atoms with E-state index >= 15 is 0 Å². The monoisotopic (exact) mass is 296 g/mol. The van der Waals surface area contributed by atoms with Crippen molar-refractivity contribution in [1.82, 2.24) is 0 Å². The first kappa shape index (κ1) is 13.7. The van der Waals surface area contributed by atoms with Gasteiger partial charge in [-0.3, -0.25) is 0 Å². The minimum atomic E-state index is -0.988. The van der Waals surface area contributed by atoms with E-state index in [0.717, 1.165) is 0 Å². The number of halogens is 2. The van der Waals surface area contributed by atoms with Gasteiger partial charge in [-0.2, -0.15) is 0 Å². The van der Waals surface area contributed by atoms with Crippen molar-refractivity contribution in [2.75, 3.05) is 7.11 Å². The molecular weight excluding hydrogens is 287 g/mol. The van der Waals surface area contributed by atoms with Crippen LogP contribution in [0.5, 0.6) is 5.75 Å². The number of hydrogen-bond donors (Lipinski definition) is 1. The number of carboxylic acids is 1. The molecule has 2 aromatic rings. The number of rotatable bonds is 3. The average molecular weight is 297 g/mol. The van der Waals surface area contributed by atoms with Gasteiger partial charge in [0.05, 0.1) is 22.7 Å². The standard InChI is InChI=1S/C14H10Cl2O3/c1-19-13-7-11(15)10(6-12(13)16)8-3-2-4-9(5-8)14(17)18/h2-7H,1H3,(H,17,18). The Kier molecular flexibility index (Phi) is 3.98. The molecule has 5 heteroatoms. The zero-order valence-electron chi connectivity index (χ0n) is 9.98. The van der Waals surface area contributed by atoms with Crippen molar-refractivity contribution < 1.29 is 14.6 Å². The van der Waals surface area contributed by atoms with Gasteiger partial charge in [0.1, 0.15) is 5.75 Å². The summed E-state index contributed by atoms with van der Waals surface area (Å²) in [7, 11) is 1.50. The zero-order chi connectivity index (χ0) is 14.0. The van der Waals surface area contributed by atoms with Crippen molar-refractivity contribution in [2.24, 2.45) is 0 Å². The van der Waals surface area contributed by atoms with Gasteiger partial charge in [0.15, 0.2) is 0 Å². The Morgan fingerprint density at radius 3 is 2.53 bits per heavy atom. The molecule has 0 aromatic heterocycles. The third-order valence-corrected chi connectivity index (χ3v) is 3.27. The van der Waals surface area contributed by atoms with E-state index in [1.54, 1.807) is 30.3 Å². The van der Waals surface area contributed by atoms with Gasteiger partial charge in [0.25, 0.3) is 0 Å². The Labute approximate surface area is 120 Å². The highest BCUT2D eigenvalue weighted by Crippen LogP contribution is 2.36. The quantitative estimate of drug-likeness (QED) is 0.915. The largest absolute Gasteiger partial charge is 0.495 e. The number of methoxy groups -OCH3 is 1. The van der Waals surface area contributed by atoms with E-state index in [4.69, 9.17) is 33.0 Å². The second-order valence-electron chi connectivity index (χ2n) is 3.85. The van der Waals surface area contributed by atoms with E-state index in [1.807, 2.05) is 0 Å². The molecule has 2 aromatic carbocycles. The molecule has 0 radical (unpaired) electrons. The predicted octanol–water partition coefficient (Wildman–Crippen LogP) is 4.37. The molecule has 0 saturated carbocycles. The molecule has 0 aliphatic carbocycles. The molecule has 0 unspecified atom stereocenters. The summed E-state index contributed by atoms with van der Waals surface area (Å²) in [6.07, 6.45) is 0. The molecule has 0 atom stereocenters. The summed E-state index contributed by atoms with van der Waals surface area (Å²) >= 11 is 12.2. The minimum absolute atomic E-state index is 0.195. The summed E-state index contributed by atoms with van der Waals surface area (Å²) in [5, 5.41) is 9.85. The second kappa shape index (κ2) is 5.51. The molecule has 0 amide bonds. The summed E-state index contributed by atoms with van der Waals surface area (Å²) in [5.74, 6) is -0.512. The predicted molar refractivity (Wildman–Crippen MR) is 75.4 cm³/mol. The van der Waals surface area contributed by atoms with Crippen LogP contribution in [0.2, 0.25) is 10.0 Å². The first-order valence-corrected chi connectivity index (χ1v) is 6.15. The number of benzene rings is 2. The van der Waals surface area contributed by atoms with E-state index in [1.165, 1.54) is 13.2 Å². The smallest absolute Gasteiger partial charge is 0.335 e. The average Bonchev–Trinajstić information content (AvgIpc) is 2.41. The van der Waals surface area contributed by atoms with Gasteiger partial charge in [0.2, 0.25) is 0 Å². The Morgan fingerprint density at radius 1 is 1.16 bits per heavy atom. The number of hydrogen-bond acceptors (Lipinski definition) is 2. The van der Waals surface area contributed by atoms with E-state index < -0.39 is 5.97 Å². The van der Waals surface area contributed by atoms with E-state index in [0.29, 0.717) is 26.9 Å². The van der Waals surface area contributed by atoms with Gasteiger partial charge < -0.3 is 9.84 Å². The van der Waals surface area contributed by atoms with Crippen LogP contribution in [-0.2, 0) is 0 Å². The van der Waals surface area contributed by atoms with Crippen LogP contribution in [0.3, 0.4) is 0 Å². The maximum absolute atomic E-state index is 11.0. The number of aromatic carboxylic acids is 1. The first-order chi connectivity index (χ1) is 9.02. The molecule has 0 bridgehead atoms. The third-order valence-electron chi connectivity index (χ3n) is 2.66. The van der Waals surface area contributed by atoms with Crippen LogP contribution in [0.25, 0.3) is 11.1 Å². The molecule has 0 fully saturated rings. The molecule has 0 aliphatic heterocycles. The fourth-order valence-corrected chi connectivity index (χ4v) is 2.23. The zero-order valence-corrected chi connectivity index (χ0v) is 11.5. The Hall–Kier alpha value is -1.71. The number of carboxylic acid groups (broad SMARTS) is 1. The summed E-state index contributed by atoms with van der Waals surface area (Å²) < 4.78 is 5.07. The lowest BCUT2D eigenvalue weighted by atomic mass is 10.0. The summed E-state index contributed by atoms with van der Waals surface area (Å²) in [6, 6.07) is 9.76. The van der Waals surface area contributed by atoms with Crippen LogP contribution in [0.1, 0.15) is 10.4 Å². The van der Waals surface area contributed by atoms with E-state index in [2.05, 4.69) is 0 Å². The normalized spacial score (nSPS) is 10.3. The third kappa shape index (κ3) is 2.83. The molecule has 19 heavy (non-hydrogen) atoms. The van der Waals surface area contributed by atoms with E-state index in [-0.39, 0.29) is 5.56 Å². The van der Waals surface area contributed by atoms with Gasteiger partial charge in [-0.1, -0.05) is 35.3 Å². The Morgan fingerprint density at radius 2 is 1.89 bits per heavy atom. The van der Waals surface area contributed by atoms with Crippen LogP contribution in [0, 0.1) is 0 Å². The second-order valence-corrected chi connectivity index (χ2v) is 4.67. The summed E-state index contributed by atoms with van der Waals surface area (Å²) in [4.78, 5) is 11.0. The lowest BCUT2D eigenvalue weighted by molar-refractivity contribution is 0.0697. The van der Waals surface area contributed by atoms with Crippen LogP contribution in [0.4, 0.5) is 0 Å². The fraction of sp³-hybridized carbons (Fsp3) is 0.0714. The van der Waals surface area contributed by atoms with Gasteiger partial charge in [-0.05, 0) is 23.8 Å². The highest BCUT2D eigenvalue weighted by molar-refractivity contribution is 6.36. The molecule has 1 N–H and O–H groups in total. The maximum Gasteiger partial charge on any atom is 0.335 e. The fourth-order valence-electron chi connectivity index (χ4n) is 1.73. The topological polar surface area (TPSA) is 46.5 Å². The van der Waals surface area contributed by atoms with Crippen molar-refractivity contribution in [2.45, 2.75) is 0 Å². The van der Waals surface area contributed by atoms with Gasteiger partial charge >= 0.3 is 5.97 Å². The van der Waals surface area contributed by atoms with Crippen molar-refractivity contribution in [3.63, 3.8) is 0 Å². The van der Waals surface area contributed by atoms with Crippen LogP contribution >= 0.6 is 23.2 Å². The molecule has 0 saturated heterocycles. The Bertz CT molecular complexity index is 639. The van der Waals surface area contributed by atoms with Crippen LogP contribution in [0.15, 0.2) is 36.4 Å². The minimum Gasteiger partial charge on any atom is -0.495 e. The lowest BCUT2D eigenvalue weighted by Gasteiger charge is -2.09. The van der Waals surface area contributed by atoms with E-state index in [9.17, 15) is 4.79 Å². The molecular formula is C14H10Cl2O3. The summed E-state index contributed by atoms with van der Waals surface area (Å²) in [6.45, 7) is 0. The molecule has 98 valence electrons. The SMILES string of the molecule is COc1cc(Cl)c(-c2cccc(C(=O)O)c2)cc1Cl. The molecule has 0 heterocycles. The lowest BCUT2D eigenvalue weighted by Crippen LogP contribution is -1.96. The maximum atomic E-state index is 11.0.